The number of carbonyl (C=O) groups excluding carboxylic acids is 1. The van der Waals surface area contributed by atoms with E-state index in [1.165, 1.54) is 0 Å². The first kappa shape index (κ1) is 16.2. The van der Waals surface area contributed by atoms with Crippen molar-refractivity contribution in [2.45, 2.75) is 31.3 Å². The zero-order valence-electron chi connectivity index (χ0n) is 13.5. The number of nitrogens with one attached hydrogen (secondary N) is 1. The van der Waals surface area contributed by atoms with Crippen molar-refractivity contribution in [1.29, 1.82) is 5.26 Å². The molecule has 4 nitrogen and oxygen atoms in total. The van der Waals surface area contributed by atoms with E-state index in [0.29, 0.717) is 12.8 Å². The smallest absolute Gasteiger partial charge is 0.224 e. The second kappa shape index (κ2) is 6.86. The van der Waals surface area contributed by atoms with Gasteiger partial charge < -0.3 is 10.4 Å². The van der Waals surface area contributed by atoms with Gasteiger partial charge in [-0.2, -0.15) is 5.26 Å². The Balaban J connectivity index is 1.64. The first-order valence-electron chi connectivity index (χ1n) is 8.13. The molecule has 0 fully saturated rings. The van der Waals surface area contributed by atoms with Crippen LogP contribution in [0.15, 0.2) is 48.5 Å². The van der Waals surface area contributed by atoms with Crippen LogP contribution in [0.25, 0.3) is 0 Å². The molecule has 0 spiro atoms. The molecule has 1 aliphatic rings. The summed E-state index contributed by atoms with van der Waals surface area (Å²) >= 11 is 0. The summed E-state index contributed by atoms with van der Waals surface area (Å²) in [6, 6.07) is 17.4. The number of aryl methyl sites for hydroxylation is 1. The van der Waals surface area contributed by atoms with Gasteiger partial charge in [-0.15, -0.1) is 0 Å². The largest absolute Gasteiger partial charge is 0.383 e. The van der Waals surface area contributed by atoms with E-state index in [-0.39, 0.29) is 18.9 Å². The Bertz CT molecular complexity index is 794. The van der Waals surface area contributed by atoms with Crippen molar-refractivity contribution in [3.05, 3.63) is 70.8 Å². The van der Waals surface area contributed by atoms with Gasteiger partial charge >= 0.3 is 0 Å². The van der Waals surface area contributed by atoms with Crippen LogP contribution in [0.3, 0.4) is 0 Å². The lowest BCUT2D eigenvalue weighted by molar-refractivity contribution is -0.121. The van der Waals surface area contributed by atoms with Crippen molar-refractivity contribution in [2.24, 2.45) is 0 Å². The van der Waals surface area contributed by atoms with Crippen molar-refractivity contribution in [3.8, 4) is 6.07 Å². The van der Waals surface area contributed by atoms with Crippen molar-refractivity contribution in [2.75, 3.05) is 6.54 Å². The predicted molar refractivity (Wildman–Crippen MR) is 91.1 cm³/mol. The van der Waals surface area contributed by atoms with Crippen LogP contribution in [0.5, 0.6) is 0 Å². The highest BCUT2D eigenvalue weighted by Crippen LogP contribution is 2.36. The van der Waals surface area contributed by atoms with Gasteiger partial charge in [0.05, 0.1) is 25.5 Å². The van der Waals surface area contributed by atoms with Gasteiger partial charge in [0.1, 0.15) is 5.60 Å². The van der Waals surface area contributed by atoms with E-state index in [1.54, 1.807) is 0 Å². The first-order chi connectivity index (χ1) is 11.6. The topological polar surface area (TPSA) is 73.1 Å². The summed E-state index contributed by atoms with van der Waals surface area (Å²) in [5.74, 6) is -0.141. The summed E-state index contributed by atoms with van der Waals surface area (Å²) in [5.41, 5.74) is 2.80. The normalized spacial score (nSPS) is 18.7. The average Bonchev–Trinajstić information content (AvgIpc) is 2.93. The monoisotopic (exact) mass is 320 g/mol. The van der Waals surface area contributed by atoms with Gasteiger partial charge in [-0.3, -0.25) is 4.79 Å². The number of rotatable bonds is 5. The van der Waals surface area contributed by atoms with Crippen molar-refractivity contribution in [1.82, 2.24) is 5.32 Å². The lowest BCUT2D eigenvalue weighted by Gasteiger charge is -2.24. The zero-order chi connectivity index (χ0) is 17.0. The first-order valence-corrected chi connectivity index (χ1v) is 8.13. The molecule has 1 atom stereocenters. The van der Waals surface area contributed by atoms with Crippen LogP contribution in [0, 0.1) is 11.3 Å². The summed E-state index contributed by atoms with van der Waals surface area (Å²) in [4.78, 5) is 12.3. The van der Waals surface area contributed by atoms with Gasteiger partial charge in [-0.25, -0.2) is 0 Å². The predicted octanol–water partition coefficient (Wildman–Crippen LogP) is 2.25. The van der Waals surface area contributed by atoms with E-state index in [0.717, 1.165) is 28.7 Å². The summed E-state index contributed by atoms with van der Waals surface area (Å²) in [7, 11) is 0. The molecule has 122 valence electrons. The molecule has 0 heterocycles. The number of hydrogen-bond donors (Lipinski definition) is 2. The molecule has 2 aromatic carbocycles. The summed E-state index contributed by atoms with van der Waals surface area (Å²) < 4.78 is 0. The van der Waals surface area contributed by atoms with Gasteiger partial charge in [-0.1, -0.05) is 48.5 Å². The number of aliphatic hydroxyl groups is 1. The molecule has 0 aromatic heterocycles. The molecule has 1 amide bonds. The number of hydrogen-bond acceptors (Lipinski definition) is 3. The fourth-order valence-corrected chi connectivity index (χ4v) is 3.32. The van der Waals surface area contributed by atoms with Crippen LogP contribution >= 0.6 is 0 Å². The Morgan fingerprint density at radius 2 is 1.88 bits per heavy atom. The lowest BCUT2D eigenvalue weighted by Crippen LogP contribution is -2.40. The van der Waals surface area contributed by atoms with Crippen LogP contribution in [0.1, 0.15) is 28.7 Å². The molecular formula is C20H20N2O2. The maximum absolute atomic E-state index is 12.3. The van der Waals surface area contributed by atoms with E-state index in [4.69, 9.17) is 5.26 Å². The quantitative estimate of drug-likeness (QED) is 0.887. The van der Waals surface area contributed by atoms with Crippen LogP contribution < -0.4 is 5.32 Å². The number of nitrogens with zero attached hydrogens (tertiary/aromatic N) is 1. The Hall–Kier alpha value is -2.64. The Labute approximate surface area is 141 Å². The highest BCUT2D eigenvalue weighted by molar-refractivity contribution is 5.79. The standard InChI is InChI=1S/C20H20N2O2/c21-12-10-15-5-1-2-7-17(15)13-19(23)22-14-20(24)11-9-16-6-3-4-8-18(16)20/h1-8,24H,9-11,13-14H2,(H,22,23). The molecule has 2 N–H and O–H groups in total. The van der Waals surface area contributed by atoms with Crippen molar-refractivity contribution >= 4 is 5.91 Å². The van der Waals surface area contributed by atoms with E-state index < -0.39 is 5.60 Å². The van der Waals surface area contributed by atoms with Gasteiger partial charge in [0.15, 0.2) is 0 Å². The van der Waals surface area contributed by atoms with E-state index >= 15 is 0 Å². The molecule has 0 saturated heterocycles. The highest BCUT2D eigenvalue weighted by Gasteiger charge is 2.36. The number of amides is 1. The fraction of sp³-hybridized carbons (Fsp3) is 0.300. The van der Waals surface area contributed by atoms with Crippen LogP contribution in [0.4, 0.5) is 0 Å². The minimum Gasteiger partial charge on any atom is -0.383 e. The molecule has 4 heteroatoms. The lowest BCUT2D eigenvalue weighted by atomic mass is 9.95. The third-order valence-electron chi connectivity index (χ3n) is 4.64. The van der Waals surface area contributed by atoms with Gasteiger partial charge in [-0.05, 0) is 35.1 Å². The van der Waals surface area contributed by atoms with Crippen molar-refractivity contribution < 1.29 is 9.90 Å². The number of nitriles is 1. The average molecular weight is 320 g/mol. The maximum Gasteiger partial charge on any atom is 0.224 e. The number of carbonyl (C=O) groups is 1. The molecule has 1 unspecified atom stereocenters. The number of benzene rings is 2. The maximum atomic E-state index is 12.3. The molecule has 2 aromatic rings. The molecular weight excluding hydrogens is 300 g/mol. The fourth-order valence-electron chi connectivity index (χ4n) is 3.32. The number of fused-ring (bicyclic) bond motifs is 1. The van der Waals surface area contributed by atoms with Gasteiger partial charge in [0.2, 0.25) is 5.91 Å². The molecule has 24 heavy (non-hydrogen) atoms. The second-order valence-corrected chi connectivity index (χ2v) is 6.25. The van der Waals surface area contributed by atoms with E-state index in [1.807, 2.05) is 48.5 Å². The summed E-state index contributed by atoms with van der Waals surface area (Å²) in [5, 5.41) is 22.6. The van der Waals surface area contributed by atoms with Crippen LogP contribution in [-0.4, -0.2) is 17.6 Å². The van der Waals surface area contributed by atoms with Crippen LogP contribution in [0.2, 0.25) is 0 Å². The highest BCUT2D eigenvalue weighted by atomic mass is 16.3. The van der Waals surface area contributed by atoms with Crippen molar-refractivity contribution in [3.63, 3.8) is 0 Å². The summed E-state index contributed by atoms with van der Waals surface area (Å²) in [6.07, 6.45) is 1.96. The van der Waals surface area contributed by atoms with E-state index in [9.17, 15) is 9.90 Å². The molecule has 1 aliphatic carbocycles. The third-order valence-corrected chi connectivity index (χ3v) is 4.64. The van der Waals surface area contributed by atoms with E-state index in [2.05, 4.69) is 11.4 Å². The third kappa shape index (κ3) is 3.32. The minimum atomic E-state index is -0.988. The Morgan fingerprint density at radius 1 is 1.17 bits per heavy atom. The molecule has 0 bridgehead atoms. The molecule has 0 aliphatic heterocycles. The van der Waals surface area contributed by atoms with Crippen LogP contribution in [-0.2, 0) is 29.7 Å². The summed E-state index contributed by atoms with van der Waals surface area (Å²) in [6.45, 7) is 0.212. The molecule has 0 radical (unpaired) electrons. The SMILES string of the molecule is N#CCc1ccccc1CC(=O)NCC1(O)CCc2ccccc21. The molecule has 0 saturated carbocycles. The second-order valence-electron chi connectivity index (χ2n) is 6.25. The Kier molecular flexibility index (Phi) is 4.64. The Morgan fingerprint density at radius 3 is 2.67 bits per heavy atom. The zero-order valence-corrected chi connectivity index (χ0v) is 13.5. The minimum absolute atomic E-state index is 0.141. The molecule has 3 rings (SSSR count). The van der Waals surface area contributed by atoms with Gasteiger partial charge in [0.25, 0.3) is 0 Å². The van der Waals surface area contributed by atoms with Gasteiger partial charge in [0, 0.05) is 0 Å².